The van der Waals surface area contributed by atoms with Crippen LogP contribution < -0.4 is 0 Å². The van der Waals surface area contributed by atoms with Gasteiger partial charge in [-0.1, -0.05) is 69.9 Å². The van der Waals surface area contributed by atoms with E-state index in [1.54, 1.807) is 13.8 Å². The van der Waals surface area contributed by atoms with Crippen LogP contribution in [0.1, 0.15) is 90.7 Å². The zero-order valence-corrected chi connectivity index (χ0v) is 14.1. The second-order valence-electron chi connectivity index (χ2n) is 6.61. The largest absolute Gasteiger partial charge is 0.384 e. The minimum atomic E-state index is -0.893. The van der Waals surface area contributed by atoms with Gasteiger partial charge in [-0.3, -0.25) is 4.68 Å². The highest BCUT2D eigenvalue weighted by atomic mass is 16.3. The van der Waals surface area contributed by atoms with E-state index in [0.717, 1.165) is 13.0 Å². The summed E-state index contributed by atoms with van der Waals surface area (Å²) in [6, 6.07) is 0. The molecule has 0 bridgehead atoms. The maximum atomic E-state index is 9.83. The minimum absolute atomic E-state index is 0.648. The molecule has 1 aromatic heterocycles. The van der Waals surface area contributed by atoms with Crippen LogP contribution in [0.25, 0.3) is 0 Å². The van der Waals surface area contributed by atoms with Gasteiger partial charge in [-0.05, 0) is 20.3 Å². The molecule has 0 saturated carbocycles. The van der Waals surface area contributed by atoms with Gasteiger partial charge in [0, 0.05) is 6.54 Å². The molecule has 0 aliphatic carbocycles. The standard InChI is InChI=1S/C17H33N3O/c1-4-5-6-7-8-9-10-11-12-13-14-20-15-16(18-19-20)17(2,3)21/h15,21H,4-14H2,1-3H3. The number of rotatable bonds is 12. The van der Waals surface area contributed by atoms with Crippen molar-refractivity contribution in [1.82, 2.24) is 15.0 Å². The molecular weight excluding hydrogens is 262 g/mol. The van der Waals surface area contributed by atoms with Crippen LogP contribution in [0.5, 0.6) is 0 Å². The molecule has 0 aliphatic rings. The number of aliphatic hydroxyl groups is 1. The SMILES string of the molecule is CCCCCCCCCCCCn1cc(C(C)(C)O)nn1. The molecule has 1 N–H and O–H groups in total. The van der Waals surface area contributed by atoms with Crippen LogP contribution in [0.2, 0.25) is 0 Å². The molecule has 0 fully saturated rings. The van der Waals surface area contributed by atoms with Crippen molar-refractivity contribution in [2.45, 2.75) is 97.1 Å². The molecule has 1 aromatic rings. The van der Waals surface area contributed by atoms with Crippen LogP contribution >= 0.6 is 0 Å². The normalized spacial score (nSPS) is 12.0. The highest BCUT2D eigenvalue weighted by Gasteiger charge is 2.19. The van der Waals surface area contributed by atoms with Gasteiger partial charge in [-0.2, -0.15) is 0 Å². The molecule has 0 amide bonds. The molecule has 4 nitrogen and oxygen atoms in total. The first-order chi connectivity index (χ1) is 10.0. The average molecular weight is 295 g/mol. The lowest BCUT2D eigenvalue weighted by Gasteiger charge is -2.11. The molecule has 0 radical (unpaired) electrons. The topological polar surface area (TPSA) is 50.9 Å². The van der Waals surface area contributed by atoms with Gasteiger partial charge >= 0.3 is 0 Å². The lowest BCUT2D eigenvalue weighted by molar-refractivity contribution is 0.0737. The monoisotopic (exact) mass is 295 g/mol. The Balaban J connectivity index is 1.98. The number of unbranched alkanes of at least 4 members (excludes halogenated alkanes) is 9. The summed E-state index contributed by atoms with van der Waals surface area (Å²) in [6.45, 7) is 6.64. The molecule has 0 aliphatic heterocycles. The van der Waals surface area contributed by atoms with E-state index in [1.165, 1.54) is 57.8 Å². The number of hydrogen-bond donors (Lipinski definition) is 1. The van der Waals surface area contributed by atoms with Crippen LogP contribution in [-0.2, 0) is 12.1 Å². The molecule has 0 spiro atoms. The Bertz CT molecular complexity index is 368. The Morgan fingerprint density at radius 1 is 0.952 bits per heavy atom. The van der Waals surface area contributed by atoms with Gasteiger partial charge in [0.15, 0.2) is 0 Å². The summed E-state index contributed by atoms with van der Waals surface area (Å²) in [5, 5.41) is 17.9. The van der Waals surface area contributed by atoms with E-state index >= 15 is 0 Å². The van der Waals surface area contributed by atoms with E-state index in [0.29, 0.717) is 5.69 Å². The Morgan fingerprint density at radius 3 is 1.95 bits per heavy atom. The lowest BCUT2D eigenvalue weighted by Crippen LogP contribution is -2.15. The Morgan fingerprint density at radius 2 is 1.48 bits per heavy atom. The molecule has 4 heteroatoms. The molecule has 0 saturated heterocycles. The van der Waals surface area contributed by atoms with Gasteiger partial charge in [0.1, 0.15) is 11.3 Å². The quantitative estimate of drug-likeness (QED) is 0.580. The summed E-state index contributed by atoms with van der Waals surface area (Å²) in [4.78, 5) is 0. The molecule has 1 heterocycles. The average Bonchev–Trinajstić information content (AvgIpc) is 2.90. The minimum Gasteiger partial charge on any atom is -0.384 e. The number of nitrogens with zero attached hydrogens (tertiary/aromatic N) is 3. The fraction of sp³-hybridized carbons (Fsp3) is 0.882. The lowest BCUT2D eigenvalue weighted by atomic mass is 10.1. The number of hydrogen-bond acceptors (Lipinski definition) is 3. The van der Waals surface area contributed by atoms with E-state index in [-0.39, 0.29) is 0 Å². The smallest absolute Gasteiger partial charge is 0.114 e. The Labute approximate surface area is 129 Å². The Hall–Kier alpha value is -0.900. The number of aromatic nitrogens is 3. The molecule has 122 valence electrons. The summed E-state index contributed by atoms with van der Waals surface area (Å²) < 4.78 is 1.85. The van der Waals surface area contributed by atoms with E-state index in [9.17, 15) is 5.11 Å². The molecule has 0 unspecified atom stereocenters. The van der Waals surface area contributed by atoms with Crippen molar-refractivity contribution in [3.8, 4) is 0 Å². The summed E-state index contributed by atoms with van der Waals surface area (Å²) in [5.74, 6) is 0. The first kappa shape index (κ1) is 18.1. The van der Waals surface area contributed by atoms with Gasteiger partial charge in [-0.15, -0.1) is 5.10 Å². The molecule has 0 aromatic carbocycles. The Kier molecular flexibility index (Phi) is 8.58. The third-order valence-electron chi connectivity index (χ3n) is 3.91. The number of aryl methyl sites for hydroxylation is 1. The van der Waals surface area contributed by atoms with Crippen LogP contribution in [0, 0.1) is 0 Å². The van der Waals surface area contributed by atoms with Crippen molar-refractivity contribution >= 4 is 0 Å². The summed E-state index contributed by atoms with van der Waals surface area (Å²) in [6.07, 6.45) is 15.3. The van der Waals surface area contributed by atoms with Crippen molar-refractivity contribution < 1.29 is 5.11 Å². The van der Waals surface area contributed by atoms with E-state index in [1.807, 2.05) is 10.9 Å². The van der Waals surface area contributed by atoms with Crippen LogP contribution in [0.4, 0.5) is 0 Å². The zero-order valence-electron chi connectivity index (χ0n) is 14.1. The predicted molar refractivity (Wildman–Crippen MR) is 87.1 cm³/mol. The van der Waals surface area contributed by atoms with E-state index in [2.05, 4.69) is 17.2 Å². The van der Waals surface area contributed by atoms with Crippen LogP contribution in [0.3, 0.4) is 0 Å². The van der Waals surface area contributed by atoms with Gasteiger partial charge < -0.3 is 5.11 Å². The fourth-order valence-electron chi connectivity index (χ4n) is 2.45. The fourth-order valence-corrected chi connectivity index (χ4v) is 2.45. The second kappa shape index (κ2) is 9.93. The van der Waals surface area contributed by atoms with Crippen molar-refractivity contribution in [2.24, 2.45) is 0 Å². The van der Waals surface area contributed by atoms with Crippen LogP contribution in [-0.4, -0.2) is 20.1 Å². The summed E-state index contributed by atoms with van der Waals surface area (Å²) in [7, 11) is 0. The van der Waals surface area contributed by atoms with Crippen LogP contribution in [0.15, 0.2) is 6.20 Å². The molecular formula is C17H33N3O. The maximum Gasteiger partial charge on any atom is 0.114 e. The van der Waals surface area contributed by atoms with E-state index < -0.39 is 5.60 Å². The second-order valence-corrected chi connectivity index (χ2v) is 6.61. The van der Waals surface area contributed by atoms with Crippen molar-refractivity contribution in [2.75, 3.05) is 0 Å². The third-order valence-corrected chi connectivity index (χ3v) is 3.91. The molecule has 0 atom stereocenters. The summed E-state index contributed by atoms with van der Waals surface area (Å²) >= 11 is 0. The van der Waals surface area contributed by atoms with E-state index in [4.69, 9.17) is 0 Å². The van der Waals surface area contributed by atoms with Crippen molar-refractivity contribution in [3.05, 3.63) is 11.9 Å². The third kappa shape index (κ3) is 8.20. The van der Waals surface area contributed by atoms with Crippen molar-refractivity contribution in [1.29, 1.82) is 0 Å². The van der Waals surface area contributed by atoms with Gasteiger partial charge in [-0.25, -0.2) is 0 Å². The van der Waals surface area contributed by atoms with Crippen molar-refractivity contribution in [3.63, 3.8) is 0 Å². The van der Waals surface area contributed by atoms with Gasteiger partial charge in [0.25, 0.3) is 0 Å². The maximum absolute atomic E-state index is 9.83. The first-order valence-electron chi connectivity index (χ1n) is 8.67. The highest BCUT2D eigenvalue weighted by molar-refractivity contribution is 5.02. The first-order valence-corrected chi connectivity index (χ1v) is 8.67. The highest BCUT2D eigenvalue weighted by Crippen LogP contribution is 2.16. The summed E-state index contributed by atoms with van der Waals surface area (Å²) in [5.41, 5.74) is -0.245. The zero-order chi connectivity index (χ0) is 15.6. The van der Waals surface area contributed by atoms with Gasteiger partial charge in [0.2, 0.25) is 0 Å². The van der Waals surface area contributed by atoms with Gasteiger partial charge in [0.05, 0.1) is 6.20 Å². The molecule has 1 rings (SSSR count). The predicted octanol–water partition coefficient (Wildman–Crippen LogP) is 4.43. The molecule has 21 heavy (non-hydrogen) atoms.